The van der Waals surface area contributed by atoms with Gasteiger partial charge in [0.05, 0.1) is 5.02 Å². The van der Waals surface area contributed by atoms with Crippen LogP contribution in [0.2, 0.25) is 10.0 Å². The Morgan fingerprint density at radius 3 is 2.63 bits per heavy atom. The van der Waals surface area contributed by atoms with Crippen molar-refractivity contribution in [2.45, 2.75) is 19.4 Å². The third-order valence-electron chi connectivity index (χ3n) is 3.03. The Kier molecular flexibility index (Phi) is 4.91. The fraction of sp³-hybridized carbons (Fsp3) is 0.200. The molecule has 0 bridgehead atoms. The summed E-state index contributed by atoms with van der Waals surface area (Å²) in [5, 5.41) is 1.42. The van der Waals surface area contributed by atoms with E-state index < -0.39 is 0 Å². The van der Waals surface area contributed by atoms with E-state index in [1.54, 1.807) is 0 Å². The van der Waals surface area contributed by atoms with E-state index >= 15 is 0 Å². The van der Waals surface area contributed by atoms with Crippen molar-refractivity contribution in [3.63, 3.8) is 0 Å². The quantitative estimate of drug-likeness (QED) is 0.790. The van der Waals surface area contributed by atoms with Crippen LogP contribution < -0.4 is 5.73 Å². The Morgan fingerprint density at radius 1 is 1.21 bits per heavy atom. The van der Waals surface area contributed by atoms with Crippen molar-refractivity contribution in [2.75, 3.05) is 0 Å². The van der Waals surface area contributed by atoms with E-state index in [0.29, 0.717) is 11.4 Å². The van der Waals surface area contributed by atoms with Crippen molar-refractivity contribution in [1.29, 1.82) is 0 Å². The van der Waals surface area contributed by atoms with Crippen LogP contribution in [0.5, 0.6) is 0 Å². The van der Waals surface area contributed by atoms with Gasteiger partial charge in [0.25, 0.3) is 0 Å². The van der Waals surface area contributed by atoms with Crippen LogP contribution in [0, 0.1) is 6.92 Å². The lowest BCUT2D eigenvalue weighted by Crippen LogP contribution is -2.14. The monoisotopic (exact) mass is 357 g/mol. The van der Waals surface area contributed by atoms with E-state index in [1.807, 2.05) is 43.3 Å². The third-order valence-corrected chi connectivity index (χ3v) is 4.69. The van der Waals surface area contributed by atoms with Gasteiger partial charge in [-0.05, 0) is 58.1 Å². The lowest BCUT2D eigenvalue weighted by Gasteiger charge is -2.15. The SMILES string of the molecule is Cc1ccc(CC(N)c2cccc(Br)c2Cl)c(Cl)c1. The zero-order valence-electron chi connectivity index (χ0n) is 10.5. The highest BCUT2D eigenvalue weighted by atomic mass is 79.9. The topological polar surface area (TPSA) is 26.0 Å². The minimum absolute atomic E-state index is 0.176. The maximum Gasteiger partial charge on any atom is 0.0595 e. The summed E-state index contributed by atoms with van der Waals surface area (Å²) in [6, 6.07) is 11.6. The zero-order chi connectivity index (χ0) is 14.0. The van der Waals surface area contributed by atoms with Gasteiger partial charge in [-0.25, -0.2) is 0 Å². The highest BCUT2D eigenvalue weighted by Gasteiger charge is 2.14. The summed E-state index contributed by atoms with van der Waals surface area (Å²) in [6.07, 6.45) is 0.662. The molecule has 2 aromatic rings. The molecule has 0 saturated carbocycles. The van der Waals surface area contributed by atoms with Gasteiger partial charge in [-0.1, -0.05) is 47.5 Å². The lowest BCUT2D eigenvalue weighted by molar-refractivity contribution is 0.721. The molecule has 2 N–H and O–H groups in total. The average molecular weight is 359 g/mol. The summed E-state index contributed by atoms with van der Waals surface area (Å²) in [5.74, 6) is 0. The number of benzene rings is 2. The Balaban J connectivity index is 2.25. The number of halogens is 3. The molecule has 1 unspecified atom stereocenters. The van der Waals surface area contributed by atoms with E-state index in [4.69, 9.17) is 28.9 Å². The molecule has 0 aliphatic heterocycles. The first-order valence-corrected chi connectivity index (χ1v) is 7.48. The molecule has 1 nitrogen and oxygen atoms in total. The molecule has 0 aromatic heterocycles. The minimum Gasteiger partial charge on any atom is -0.324 e. The van der Waals surface area contributed by atoms with Gasteiger partial charge < -0.3 is 5.73 Å². The third kappa shape index (κ3) is 3.51. The van der Waals surface area contributed by atoms with Crippen molar-refractivity contribution in [3.8, 4) is 0 Å². The molecule has 0 heterocycles. The molecule has 0 radical (unpaired) electrons. The van der Waals surface area contributed by atoms with Crippen molar-refractivity contribution in [3.05, 3.63) is 67.6 Å². The number of nitrogens with two attached hydrogens (primary N) is 1. The standard InChI is InChI=1S/C15H14BrCl2N/c1-9-5-6-10(13(17)7-9)8-14(19)11-3-2-4-12(16)15(11)18/h2-7,14H,8,19H2,1H3. The summed E-state index contributed by atoms with van der Waals surface area (Å²) in [4.78, 5) is 0. The molecule has 100 valence electrons. The average Bonchev–Trinajstić information content (AvgIpc) is 2.36. The lowest BCUT2D eigenvalue weighted by atomic mass is 9.99. The largest absolute Gasteiger partial charge is 0.324 e. The van der Waals surface area contributed by atoms with Crippen molar-refractivity contribution in [2.24, 2.45) is 5.73 Å². The molecule has 2 rings (SSSR count). The highest BCUT2D eigenvalue weighted by molar-refractivity contribution is 9.10. The molecule has 0 aliphatic carbocycles. The van der Waals surface area contributed by atoms with Crippen molar-refractivity contribution in [1.82, 2.24) is 0 Å². The molecule has 0 spiro atoms. The normalized spacial score (nSPS) is 12.5. The van der Waals surface area contributed by atoms with Crippen molar-refractivity contribution >= 4 is 39.1 Å². The van der Waals surface area contributed by atoms with E-state index in [-0.39, 0.29) is 6.04 Å². The van der Waals surface area contributed by atoms with Gasteiger partial charge in [0.15, 0.2) is 0 Å². The number of hydrogen-bond donors (Lipinski definition) is 1. The zero-order valence-corrected chi connectivity index (χ0v) is 13.6. The van der Waals surface area contributed by atoms with Gasteiger partial charge in [0.1, 0.15) is 0 Å². The molecule has 0 saturated heterocycles. The Morgan fingerprint density at radius 2 is 1.95 bits per heavy atom. The van der Waals surface area contributed by atoms with Crippen LogP contribution in [-0.2, 0) is 6.42 Å². The molecule has 4 heteroatoms. The summed E-state index contributed by atoms with van der Waals surface area (Å²) >= 11 is 15.9. The number of rotatable bonds is 3. The van der Waals surface area contributed by atoms with Gasteiger partial charge >= 0.3 is 0 Å². The minimum atomic E-state index is -0.176. The van der Waals surface area contributed by atoms with Crippen molar-refractivity contribution < 1.29 is 0 Å². The van der Waals surface area contributed by atoms with E-state index in [0.717, 1.165) is 26.2 Å². The molecule has 0 amide bonds. The van der Waals surface area contributed by atoms with Crippen LogP contribution in [0.1, 0.15) is 22.7 Å². The molecule has 0 aliphatic rings. The Labute approximate surface area is 131 Å². The second kappa shape index (κ2) is 6.27. The smallest absolute Gasteiger partial charge is 0.0595 e. The maximum atomic E-state index is 6.26. The highest BCUT2D eigenvalue weighted by Crippen LogP contribution is 2.31. The fourth-order valence-electron chi connectivity index (χ4n) is 1.97. The van der Waals surface area contributed by atoms with E-state index in [1.165, 1.54) is 0 Å². The van der Waals surface area contributed by atoms with E-state index in [2.05, 4.69) is 15.9 Å². The van der Waals surface area contributed by atoms with Crippen LogP contribution in [0.3, 0.4) is 0 Å². The predicted molar refractivity (Wildman–Crippen MR) is 86.0 cm³/mol. The van der Waals surface area contributed by atoms with Crippen LogP contribution in [0.25, 0.3) is 0 Å². The second-order valence-corrected chi connectivity index (χ2v) is 6.19. The molecule has 0 fully saturated rings. The van der Waals surface area contributed by atoms with Gasteiger partial charge in [0.2, 0.25) is 0 Å². The van der Waals surface area contributed by atoms with Crippen LogP contribution in [-0.4, -0.2) is 0 Å². The van der Waals surface area contributed by atoms with Gasteiger partial charge in [-0.2, -0.15) is 0 Å². The molecule has 1 atom stereocenters. The molecular formula is C15H14BrCl2N. The second-order valence-electron chi connectivity index (χ2n) is 4.55. The van der Waals surface area contributed by atoms with Crippen LogP contribution in [0.15, 0.2) is 40.9 Å². The maximum absolute atomic E-state index is 6.26. The number of aryl methyl sites for hydroxylation is 1. The van der Waals surface area contributed by atoms with Crippen LogP contribution in [0.4, 0.5) is 0 Å². The summed E-state index contributed by atoms with van der Waals surface area (Å²) < 4.78 is 0.858. The first kappa shape index (κ1) is 14.9. The van der Waals surface area contributed by atoms with E-state index in [9.17, 15) is 0 Å². The predicted octanol–water partition coefficient (Wildman–Crippen LogP) is 5.31. The molecular weight excluding hydrogens is 345 g/mol. The number of hydrogen-bond acceptors (Lipinski definition) is 1. The van der Waals surface area contributed by atoms with Gasteiger partial charge in [0, 0.05) is 15.5 Å². The van der Waals surface area contributed by atoms with Gasteiger partial charge in [-0.15, -0.1) is 0 Å². The Bertz CT molecular complexity index is 599. The Hall–Kier alpha value is -0.540. The fourth-order valence-corrected chi connectivity index (χ4v) is 2.93. The molecule has 2 aromatic carbocycles. The summed E-state index contributed by atoms with van der Waals surface area (Å²) in [6.45, 7) is 2.01. The first-order chi connectivity index (χ1) is 8.99. The molecule has 19 heavy (non-hydrogen) atoms. The van der Waals surface area contributed by atoms with Crippen LogP contribution >= 0.6 is 39.1 Å². The van der Waals surface area contributed by atoms with Gasteiger partial charge in [-0.3, -0.25) is 0 Å². The first-order valence-electron chi connectivity index (χ1n) is 5.93. The summed E-state index contributed by atoms with van der Waals surface area (Å²) in [7, 11) is 0. The summed E-state index contributed by atoms with van der Waals surface area (Å²) in [5.41, 5.74) is 9.34.